The van der Waals surface area contributed by atoms with Crippen molar-refractivity contribution in [2.24, 2.45) is 13.0 Å². The topological polar surface area (TPSA) is 98.4 Å². The Morgan fingerprint density at radius 2 is 2.10 bits per heavy atom. The third-order valence-corrected chi connectivity index (χ3v) is 6.08. The van der Waals surface area contributed by atoms with E-state index in [2.05, 4.69) is 15.6 Å². The minimum Gasteiger partial charge on any atom is -0.459 e. The van der Waals surface area contributed by atoms with Crippen LogP contribution in [0.5, 0.6) is 0 Å². The molecule has 0 bridgehead atoms. The number of methoxy groups -OCH3 is 1. The minimum atomic E-state index is -0.231. The second kappa shape index (κ2) is 8.93. The predicted molar refractivity (Wildman–Crippen MR) is 115 cm³/mol. The number of nitrogens with one attached hydrogen (secondary N) is 2. The fourth-order valence-corrected chi connectivity index (χ4v) is 4.27. The van der Waals surface area contributed by atoms with Gasteiger partial charge in [0, 0.05) is 37.2 Å². The first-order chi connectivity index (χ1) is 15.0. The Morgan fingerprint density at radius 3 is 2.81 bits per heavy atom. The minimum absolute atomic E-state index is 0.0172. The number of imidazole rings is 1. The summed E-state index contributed by atoms with van der Waals surface area (Å²) in [5.74, 6) is 0.360. The van der Waals surface area contributed by atoms with Crippen LogP contribution in [0.2, 0.25) is 0 Å². The predicted octanol–water partition coefficient (Wildman–Crippen LogP) is 2.70. The summed E-state index contributed by atoms with van der Waals surface area (Å²) in [6.07, 6.45) is 4.93. The molecule has 2 N–H and O–H groups in total. The second-order valence-corrected chi connectivity index (χ2v) is 8.15. The SMILES string of the molecule is CO[C@H]1C[C@@H](C(=O)NCc2oc3ccccc3c2C)CC[C@@H]1NC(=O)c1cn(C)cn1. The van der Waals surface area contributed by atoms with E-state index in [1.165, 1.54) is 0 Å². The quantitative estimate of drug-likeness (QED) is 0.634. The standard InChI is InChI=1S/C23H28N4O4/c1-14-16-6-4-5-7-19(16)31-21(14)11-24-22(28)15-8-9-17(20(10-15)30-3)26-23(29)18-12-27(2)13-25-18/h4-7,12-13,15,17,20H,8-11H2,1-3H3,(H,24,28)(H,26,29)/t15-,17-,20-/m0/s1. The van der Waals surface area contributed by atoms with Crippen molar-refractivity contribution in [3.8, 4) is 0 Å². The molecule has 8 heteroatoms. The summed E-state index contributed by atoms with van der Waals surface area (Å²) in [7, 11) is 3.43. The molecule has 1 saturated carbocycles. The molecule has 0 unspecified atom stereocenters. The molecule has 0 spiro atoms. The van der Waals surface area contributed by atoms with E-state index in [4.69, 9.17) is 9.15 Å². The highest BCUT2D eigenvalue weighted by atomic mass is 16.5. The number of hydrogen-bond donors (Lipinski definition) is 2. The van der Waals surface area contributed by atoms with E-state index < -0.39 is 0 Å². The van der Waals surface area contributed by atoms with Crippen molar-refractivity contribution in [1.82, 2.24) is 20.2 Å². The van der Waals surface area contributed by atoms with Crippen LogP contribution in [0.1, 0.15) is 41.1 Å². The van der Waals surface area contributed by atoms with Gasteiger partial charge >= 0.3 is 0 Å². The molecule has 0 radical (unpaired) electrons. The third kappa shape index (κ3) is 4.49. The Labute approximate surface area is 181 Å². The van der Waals surface area contributed by atoms with Gasteiger partial charge in [0.2, 0.25) is 5.91 Å². The van der Waals surface area contributed by atoms with Crippen LogP contribution in [0.3, 0.4) is 0 Å². The van der Waals surface area contributed by atoms with Gasteiger partial charge in [-0.25, -0.2) is 4.98 Å². The number of hydrogen-bond acceptors (Lipinski definition) is 5. The number of rotatable bonds is 6. The molecule has 1 aliphatic rings. The van der Waals surface area contributed by atoms with Crippen molar-refractivity contribution in [2.75, 3.05) is 7.11 Å². The van der Waals surface area contributed by atoms with Gasteiger partial charge in [0.15, 0.2) is 0 Å². The van der Waals surface area contributed by atoms with Crippen molar-refractivity contribution in [2.45, 2.75) is 44.9 Å². The van der Waals surface area contributed by atoms with Gasteiger partial charge in [0.25, 0.3) is 5.91 Å². The van der Waals surface area contributed by atoms with E-state index in [1.807, 2.05) is 38.2 Å². The van der Waals surface area contributed by atoms with Crippen molar-refractivity contribution in [3.63, 3.8) is 0 Å². The Hall–Kier alpha value is -3.13. The number of aryl methyl sites for hydroxylation is 2. The van der Waals surface area contributed by atoms with E-state index in [1.54, 1.807) is 24.2 Å². The van der Waals surface area contributed by atoms with E-state index >= 15 is 0 Å². The van der Waals surface area contributed by atoms with Crippen LogP contribution in [0.15, 0.2) is 41.2 Å². The number of benzene rings is 1. The lowest BCUT2D eigenvalue weighted by atomic mass is 9.83. The number of amides is 2. The van der Waals surface area contributed by atoms with E-state index in [0.717, 1.165) is 22.3 Å². The average Bonchev–Trinajstić information content (AvgIpc) is 3.35. The van der Waals surface area contributed by atoms with Gasteiger partial charge in [-0.3, -0.25) is 9.59 Å². The van der Waals surface area contributed by atoms with Gasteiger partial charge in [-0.15, -0.1) is 0 Å². The number of carbonyl (C=O) groups is 2. The summed E-state index contributed by atoms with van der Waals surface area (Å²) >= 11 is 0. The lowest BCUT2D eigenvalue weighted by molar-refractivity contribution is -0.128. The molecule has 1 fully saturated rings. The largest absolute Gasteiger partial charge is 0.459 e. The molecular weight excluding hydrogens is 396 g/mol. The Morgan fingerprint density at radius 1 is 1.29 bits per heavy atom. The number of fused-ring (bicyclic) bond motifs is 1. The molecule has 164 valence electrons. The molecule has 3 atom stereocenters. The molecule has 8 nitrogen and oxygen atoms in total. The van der Waals surface area contributed by atoms with Gasteiger partial charge in [0.1, 0.15) is 17.0 Å². The Balaban J connectivity index is 1.33. The van der Waals surface area contributed by atoms with E-state index in [9.17, 15) is 9.59 Å². The summed E-state index contributed by atoms with van der Waals surface area (Å²) < 4.78 is 13.2. The van der Waals surface area contributed by atoms with E-state index in [-0.39, 0.29) is 29.9 Å². The Kier molecular flexibility index (Phi) is 6.08. The number of furan rings is 1. The van der Waals surface area contributed by atoms with Crippen molar-refractivity contribution in [3.05, 3.63) is 53.8 Å². The monoisotopic (exact) mass is 424 g/mol. The maximum absolute atomic E-state index is 12.8. The molecule has 2 heterocycles. The summed E-state index contributed by atoms with van der Waals surface area (Å²) in [6, 6.07) is 7.70. The maximum atomic E-state index is 12.8. The molecule has 3 aromatic rings. The Bertz CT molecular complexity index is 1090. The zero-order chi connectivity index (χ0) is 22.0. The highest BCUT2D eigenvalue weighted by Gasteiger charge is 2.35. The maximum Gasteiger partial charge on any atom is 0.271 e. The van der Waals surface area contributed by atoms with Crippen LogP contribution < -0.4 is 10.6 Å². The van der Waals surface area contributed by atoms with E-state index in [0.29, 0.717) is 31.5 Å². The molecular formula is C23H28N4O4. The number of carbonyl (C=O) groups excluding carboxylic acids is 2. The summed E-state index contributed by atoms with van der Waals surface area (Å²) in [5.41, 5.74) is 2.25. The summed E-state index contributed by atoms with van der Waals surface area (Å²) in [6.45, 7) is 2.36. The number of ether oxygens (including phenoxy) is 1. The van der Waals surface area contributed by atoms with Gasteiger partial charge in [0.05, 0.1) is 25.0 Å². The highest BCUT2D eigenvalue weighted by molar-refractivity contribution is 5.92. The fraction of sp³-hybridized carbons (Fsp3) is 0.435. The first-order valence-corrected chi connectivity index (χ1v) is 10.5. The van der Waals surface area contributed by atoms with Crippen LogP contribution in [0.4, 0.5) is 0 Å². The second-order valence-electron chi connectivity index (χ2n) is 8.15. The first-order valence-electron chi connectivity index (χ1n) is 10.5. The van der Waals surface area contributed by atoms with Crippen LogP contribution in [-0.4, -0.2) is 40.6 Å². The molecule has 1 aliphatic carbocycles. The molecule has 0 aliphatic heterocycles. The van der Waals surface area contributed by atoms with Gasteiger partial charge in [-0.2, -0.15) is 0 Å². The fourth-order valence-electron chi connectivity index (χ4n) is 4.27. The number of aromatic nitrogens is 2. The highest BCUT2D eigenvalue weighted by Crippen LogP contribution is 2.28. The average molecular weight is 425 g/mol. The van der Waals surface area contributed by atoms with Gasteiger partial charge in [-0.1, -0.05) is 18.2 Å². The lowest BCUT2D eigenvalue weighted by Gasteiger charge is -2.34. The van der Waals surface area contributed by atoms with Crippen molar-refractivity contribution in [1.29, 1.82) is 0 Å². The third-order valence-electron chi connectivity index (χ3n) is 6.08. The normalized spacial score (nSPS) is 21.2. The molecule has 1 aromatic carbocycles. The van der Waals surface area contributed by atoms with Gasteiger partial charge in [-0.05, 0) is 32.3 Å². The van der Waals surface area contributed by atoms with Crippen LogP contribution in [0.25, 0.3) is 11.0 Å². The molecule has 0 saturated heterocycles. The lowest BCUT2D eigenvalue weighted by Crippen LogP contribution is -2.49. The number of para-hydroxylation sites is 1. The molecule has 31 heavy (non-hydrogen) atoms. The van der Waals surface area contributed by atoms with Crippen LogP contribution in [0, 0.1) is 12.8 Å². The molecule has 2 aromatic heterocycles. The first kappa shape index (κ1) is 21.1. The molecule has 2 amide bonds. The smallest absolute Gasteiger partial charge is 0.271 e. The van der Waals surface area contributed by atoms with Crippen molar-refractivity contribution >= 4 is 22.8 Å². The summed E-state index contributed by atoms with van der Waals surface area (Å²) in [4.78, 5) is 29.3. The van der Waals surface area contributed by atoms with Crippen LogP contribution >= 0.6 is 0 Å². The van der Waals surface area contributed by atoms with Crippen molar-refractivity contribution < 1.29 is 18.7 Å². The molecule has 4 rings (SSSR count). The van der Waals surface area contributed by atoms with Crippen LogP contribution in [-0.2, 0) is 23.1 Å². The summed E-state index contributed by atoms with van der Waals surface area (Å²) in [5, 5.41) is 7.08. The zero-order valence-electron chi connectivity index (χ0n) is 18.1. The number of nitrogens with zero attached hydrogens (tertiary/aromatic N) is 2. The zero-order valence-corrected chi connectivity index (χ0v) is 18.1. The van der Waals surface area contributed by atoms with Gasteiger partial charge < -0.3 is 24.4 Å².